The van der Waals surface area contributed by atoms with Crippen LogP contribution in [0.1, 0.15) is 10.4 Å². The molecule has 0 spiro atoms. The predicted molar refractivity (Wildman–Crippen MR) is 112 cm³/mol. The van der Waals surface area contributed by atoms with Gasteiger partial charge in [0.15, 0.2) is 0 Å². The standard InChI is InChI=1S/C21H14Cl2N4O/c22-17-9-8-14(26-21(28)15-7-4-10-24-19(15)23)11-16(17)20-25-12-18(27-20)13-5-2-1-3-6-13/h1-12H,(H,25,27)(H,26,28). The topological polar surface area (TPSA) is 70.7 Å². The Morgan fingerprint density at radius 1 is 0.964 bits per heavy atom. The molecule has 2 aromatic heterocycles. The maximum atomic E-state index is 12.5. The summed E-state index contributed by atoms with van der Waals surface area (Å²) >= 11 is 12.4. The number of pyridine rings is 1. The summed E-state index contributed by atoms with van der Waals surface area (Å²) < 4.78 is 0. The molecule has 2 heterocycles. The van der Waals surface area contributed by atoms with E-state index in [2.05, 4.69) is 20.3 Å². The van der Waals surface area contributed by atoms with Gasteiger partial charge in [-0.15, -0.1) is 0 Å². The molecule has 0 saturated heterocycles. The van der Waals surface area contributed by atoms with E-state index in [4.69, 9.17) is 23.2 Å². The zero-order valence-corrected chi connectivity index (χ0v) is 16.0. The van der Waals surface area contributed by atoms with Crippen molar-refractivity contribution < 1.29 is 4.79 Å². The van der Waals surface area contributed by atoms with E-state index >= 15 is 0 Å². The third-order valence-corrected chi connectivity index (χ3v) is 4.77. The molecule has 0 saturated carbocycles. The van der Waals surface area contributed by atoms with Crippen LogP contribution in [0.2, 0.25) is 10.2 Å². The summed E-state index contributed by atoms with van der Waals surface area (Å²) in [6, 6.07) is 18.3. The van der Waals surface area contributed by atoms with Gasteiger partial charge in [0.1, 0.15) is 11.0 Å². The van der Waals surface area contributed by atoms with Gasteiger partial charge < -0.3 is 10.3 Å². The minimum atomic E-state index is -0.351. The Hall–Kier alpha value is -3.15. The molecule has 0 bridgehead atoms. The van der Waals surface area contributed by atoms with Gasteiger partial charge >= 0.3 is 0 Å². The first kappa shape index (κ1) is 18.2. The van der Waals surface area contributed by atoms with Crippen molar-refractivity contribution in [2.75, 3.05) is 5.32 Å². The van der Waals surface area contributed by atoms with Crippen molar-refractivity contribution in [2.45, 2.75) is 0 Å². The average molecular weight is 409 g/mol. The molecule has 0 aliphatic carbocycles. The number of benzene rings is 2. The van der Waals surface area contributed by atoms with Gasteiger partial charge in [-0.3, -0.25) is 4.79 Å². The number of carbonyl (C=O) groups is 1. The Morgan fingerprint density at radius 2 is 1.79 bits per heavy atom. The highest BCUT2D eigenvalue weighted by Gasteiger charge is 2.14. The molecular weight excluding hydrogens is 395 g/mol. The first-order chi connectivity index (χ1) is 13.6. The molecule has 0 atom stereocenters. The monoisotopic (exact) mass is 408 g/mol. The fourth-order valence-electron chi connectivity index (χ4n) is 2.76. The van der Waals surface area contributed by atoms with Gasteiger partial charge in [-0.2, -0.15) is 0 Å². The van der Waals surface area contributed by atoms with E-state index in [-0.39, 0.29) is 11.1 Å². The van der Waals surface area contributed by atoms with E-state index in [1.165, 1.54) is 6.20 Å². The number of amides is 1. The molecule has 2 N–H and O–H groups in total. The zero-order chi connectivity index (χ0) is 19.5. The number of H-pyrrole nitrogens is 1. The number of hydrogen-bond acceptors (Lipinski definition) is 3. The average Bonchev–Trinajstić information content (AvgIpc) is 3.20. The fraction of sp³-hybridized carbons (Fsp3) is 0. The number of rotatable bonds is 4. The molecule has 7 heteroatoms. The summed E-state index contributed by atoms with van der Waals surface area (Å²) in [6.45, 7) is 0. The van der Waals surface area contributed by atoms with Crippen molar-refractivity contribution in [2.24, 2.45) is 0 Å². The van der Waals surface area contributed by atoms with Crippen molar-refractivity contribution in [1.82, 2.24) is 15.0 Å². The van der Waals surface area contributed by atoms with Gasteiger partial charge in [-0.05, 0) is 35.9 Å². The third-order valence-electron chi connectivity index (χ3n) is 4.14. The molecular formula is C21H14Cl2N4O. The highest BCUT2D eigenvalue weighted by molar-refractivity contribution is 6.34. The van der Waals surface area contributed by atoms with Gasteiger partial charge in [0.05, 0.1) is 22.5 Å². The number of carbonyl (C=O) groups excluding carboxylic acids is 1. The summed E-state index contributed by atoms with van der Waals surface area (Å²) in [5.41, 5.74) is 3.45. The van der Waals surface area contributed by atoms with E-state index < -0.39 is 0 Å². The number of nitrogens with zero attached hydrogens (tertiary/aromatic N) is 2. The second-order valence-corrected chi connectivity index (χ2v) is 6.77. The van der Waals surface area contributed by atoms with Crippen molar-refractivity contribution in [3.8, 4) is 22.6 Å². The van der Waals surface area contributed by atoms with Crippen LogP contribution in [0.15, 0.2) is 73.1 Å². The number of nitrogens with one attached hydrogen (secondary N) is 2. The first-order valence-electron chi connectivity index (χ1n) is 8.44. The van der Waals surface area contributed by atoms with Crippen LogP contribution in [-0.2, 0) is 0 Å². The van der Waals surface area contributed by atoms with Crippen LogP contribution >= 0.6 is 23.2 Å². The van der Waals surface area contributed by atoms with E-state index in [1.807, 2.05) is 30.3 Å². The lowest BCUT2D eigenvalue weighted by atomic mass is 10.1. The third kappa shape index (κ3) is 3.76. The molecule has 0 aliphatic heterocycles. The van der Waals surface area contributed by atoms with E-state index in [1.54, 1.807) is 36.5 Å². The van der Waals surface area contributed by atoms with Crippen molar-refractivity contribution in [3.63, 3.8) is 0 Å². The Morgan fingerprint density at radius 3 is 2.57 bits per heavy atom. The highest BCUT2D eigenvalue weighted by atomic mass is 35.5. The summed E-state index contributed by atoms with van der Waals surface area (Å²) in [4.78, 5) is 24.1. The van der Waals surface area contributed by atoms with Crippen LogP contribution in [-0.4, -0.2) is 20.9 Å². The van der Waals surface area contributed by atoms with E-state index in [0.29, 0.717) is 27.7 Å². The number of imidazole rings is 1. The number of halogens is 2. The van der Waals surface area contributed by atoms with Crippen LogP contribution in [0.3, 0.4) is 0 Å². The molecule has 0 fully saturated rings. The molecule has 138 valence electrons. The van der Waals surface area contributed by atoms with Crippen LogP contribution in [0, 0.1) is 0 Å². The minimum absolute atomic E-state index is 0.146. The van der Waals surface area contributed by atoms with Gasteiger partial charge in [0.2, 0.25) is 0 Å². The molecule has 0 unspecified atom stereocenters. The second kappa shape index (κ2) is 7.84. The number of hydrogen-bond donors (Lipinski definition) is 2. The number of anilines is 1. The van der Waals surface area contributed by atoms with Crippen molar-refractivity contribution in [1.29, 1.82) is 0 Å². The van der Waals surface area contributed by atoms with Crippen LogP contribution in [0.25, 0.3) is 22.6 Å². The zero-order valence-electron chi connectivity index (χ0n) is 14.5. The largest absolute Gasteiger partial charge is 0.338 e. The van der Waals surface area contributed by atoms with Crippen LogP contribution in [0.4, 0.5) is 5.69 Å². The smallest absolute Gasteiger partial charge is 0.258 e. The van der Waals surface area contributed by atoms with E-state index in [0.717, 1.165) is 11.3 Å². The maximum absolute atomic E-state index is 12.5. The Bertz CT molecular complexity index is 1140. The molecule has 4 aromatic rings. The lowest BCUT2D eigenvalue weighted by Crippen LogP contribution is -2.13. The predicted octanol–water partition coefficient (Wildman–Crippen LogP) is 5.70. The number of aromatic nitrogens is 3. The van der Waals surface area contributed by atoms with Crippen LogP contribution < -0.4 is 5.32 Å². The maximum Gasteiger partial charge on any atom is 0.258 e. The lowest BCUT2D eigenvalue weighted by molar-refractivity contribution is 0.102. The van der Waals surface area contributed by atoms with Gasteiger partial charge in [-0.1, -0.05) is 53.5 Å². The van der Waals surface area contributed by atoms with Crippen molar-refractivity contribution in [3.05, 3.63) is 88.8 Å². The lowest BCUT2D eigenvalue weighted by Gasteiger charge is -2.09. The fourth-order valence-corrected chi connectivity index (χ4v) is 3.17. The minimum Gasteiger partial charge on any atom is -0.338 e. The summed E-state index contributed by atoms with van der Waals surface area (Å²) in [5.74, 6) is 0.259. The summed E-state index contributed by atoms with van der Waals surface area (Å²) in [5, 5.41) is 3.48. The Kier molecular flexibility index (Phi) is 5.10. The normalized spacial score (nSPS) is 10.6. The van der Waals surface area contributed by atoms with Crippen molar-refractivity contribution >= 4 is 34.8 Å². The SMILES string of the molecule is O=C(Nc1ccc(Cl)c(-c2ncc(-c3ccccc3)[nH]2)c1)c1cccnc1Cl. The number of aromatic amines is 1. The quantitative estimate of drug-likeness (QED) is 0.425. The summed E-state index contributed by atoms with van der Waals surface area (Å²) in [6.07, 6.45) is 3.28. The Labute approximate surface area is 171 Å². The first-order valence-corrected chi connectivity index (χ1v) is 9.19. The molecule has 1 amide bonds. The Balaban J connectivity index is 1.62. The highest BCUT2D eigenvalue weighted by Crippen LogP contribution is 2.30. The van der Waals surface area contributed by atoms with Gasteiger partial charge in [-0.25, -0.2) is 9.97 Å². The molecule has 4 rings (SSSR count). The second-order valence-electron chi connectivity index (χ2n) is 6.00. The summed E-state index contributed by atoms with van der Waals surface area (Å²) in [7, 11) is 0. The van der Waals surface area contributed by atoms with Crippen LogP contribution in [0.5, 0.6) is 0 Å². The molecule has 0 radical (unpaired) electrons. The molecule has 5 nitrogen and oxygen atoms in total. The molecule has 28 heavy (non-hydrogen) atoms. The van der Waals surface area contributed by atoms with E-state index in [9.17, 15) is 4.79 Å². The van der Waals surface area contributed by atoms with Gasteiger partial charge in [0.25, 0.3) is 5.91 Å². The molecule has 0 aliphatic rings. The van der Waals surface area contributed by atoms with Gasteiger partial charge in [0, 0.05) is 17.4 Å². The molecule has 2 aromatic carbocycles.